The van der Waals surface area contributed by atoms with E-state index in [1.807, 2.05) is 5.32 Å². The van der Waals surface area contributed by atoms with Crippen molar-refractivity contribution in [1.82, 2.24) is 15.5 Å². The number of amides is 5. The molecule has 1 aliphatic carbocycles. The first-order chi connectivity index (χ1) is 12.4. The topological polar surface area (TPSA) is 122 Å². The van der Waals surface area contributed by atoms with Gasteiger partial charge in [-0.2, -0.15) is 0 Å². The van der Waals surface area contributed by atoms with Gasteiger partial charge in [0.1, 0.15) is 6.04 Å². The molecule has 3 atom stereocenters. The van der Waals surface area contributed by atoms with Crippen molar-refractivity contribution in [3.63, 3.8) is 0 Å². The van der Waals surface area contributed by atoms with Gasteiger partial charge in [-0.25, -0.2) is 9.59 Å². The molecule has 5 amide bonds. The molecule has 9 heteroatoms. The molecule has 2 fully saturated rings. The predicted molar refractivity (Wildman–Crippen MR) is 89.5 cm³/mol. The molecule has 2 aliphatic rings. The third-order valence-corrected chi connectivity index (χ3v) is 4.61. The van der Waals surface area contributed by atoms with E-state index in [1.54, 1.807) is 0 Å². The summed E-state index contributed by atoms with van der Waals surface area (Å²) in [4.78, 5) is 60.8. The van der Waals surface area contributed by atoms with Crippen LogP contribution in [0.2, 0.25) is 0 Å². The molecule has 0 bridgehead atoms. The quantitative estimate of drug-likeness (QED) is 0.391. The molecule has 1 saturated heterocycles. The standard InChI is InChI=1S/C17H23N3O6/c1-3-8-18-17(25)19-13(21)9-26-16(24)10(2)20-14(22)11-6-4-5-7-12(11)15(20)23/h3,10-12H,1,4-9H2,2H3,(H2,18,19,21,25)/t10-,11-,12-/m0/s1. The number of carbonyl (C=O) groups excluding carboxylic acids is 5. The second-order valence-corrected chi connectivity index (χ2v) is 6.37. The van der Waals surface area contributed by atoms with Crippen molar-refractivity contribution in [3.05, 3.63) is 12.7 Å². The van der Waals surface area contributed by atoms with E-state index in [0.717, 1.165) is 17.7 Å². The van der Waals surface area contributed by atoms with E-state index in [0.29, 0.717) is 12.8 Å². The molecule has 0 aromatic carbocycles. The Morgan fingerprint density at radius 1 is 1.23 bits per heavy atom. The van der Waals surface area contributed by atoms with E-state index in [-0.39, 0.29) is 30.2 Å². The average Bonchev–Trinajstić information content (AvgIpc) is 2.88. The molecule has 0 aromatic heterocycles. The molecule has 0 spiro atoms. The summed E-state index contributed by atoms with van der Waals surface area (Å²) >= 11 is 0. The number of imide groups is 2. The van der Waals surface area contributed by atoms with Crippen LogP contribution in [-0.2, 0) is 23.9 Å². The number of urea groups is 1. The van der Waals surface area contributed by atoms with E-state index in [4.69, 9.17) is 4.74 Å². The highest BCUT2D eigenvalue weighted by Gasteiger charge is 2.51. The minimum Gasteiger partial charge on any atom is -0.454 e. The maximum Gasteiger partial charge on any atom is 0.329 e. The number of fused-ring (bicyclic) bond motifs is 1. The lowest BCUT2D eigenvalue weighted by molar-refractivity contribution is -0.159. The van der Waals surface area contributed by atoms with Gasteiger partial charge in [0.05, 0.1) is 11.8 Å². The molecular weight excluding hydrogens is 342 g/mol. The van der Waals surface area contributed by atoms with Crippen LogP contribution in [0.25, 0.3) is 0 Å². The van der Waals surface area contributed by atoms with Crippen LogP contribution in [0.5, 0.6) is 0 Å². The summed E-state index contributed by atoms with van der Waals surface area (Å²) in [5.41, 5.74) is 0. The first kappa shape index (κ1) is 19.6. The largest absolute Gasteiger partial charge is 0.454 e. The molecule has 0 radical (unpaired) electrons. The number of nitrogens with zero attached hydrogens (tertiary/aromatic N) is 1. The lowest BCUT2D eigenvalue weighted by Crippen LogP contribution is -2.46. The van der Waals surface area contributed by atoms with Gasteiger partial charge in [-0.1, -0.05) is 18.9 Å². The van der Waals surface area contributed by atoms with Gasteiger partial charge < -0.3 is 10.1 Å². The molecule has 9 nitrogen and oxygen atoms in total. The van der Waals surface area contributed by atoms with Gasteiger partial charge in [0.25, 0.3) is 5.91 Å². The van der Waals surface area contributed by atoms with Crippen LogP contribution in [0.3, 0.4) is 0 Å². The number of likely N-dealkylation sites (tertiary alicyclic amines) is 1. The van der Waals surface area contributed by atoms with Crippen molar-refractivity contribution < 1.29 is 28.7 Å². The molecule has 2 N–H and O–H groups in total. The zero-order valence-electron chi connectivity index (χ0n) is 14.7. The Balaban J connectivity index is 1.86. The van der Waals surface area contributed by atoms with Crippen molar-refractivity contribution in [2.45, 2.75) is 38.6 Å². The zero-order chi connectivity index (χ0) is 19.3. The summed E-state index contributed by atoms with van der Waals surface area (Å²) in [5, 5.41) is 4.31. The van der Waals surface area contributed by atoms with E-state index >= 15 is 0 Å². The highest BCUT2D eigenvalue weighted by molar-refractivity contribution is 6.08. The van der Waals surface area contributed by atoms with Crippen molar-refractivity contribution in [3.8, 4) is 0 Å². The summed E-state index contributed by atoms with van der Waals surface area (Å²) < 4.78 is 4.84. The average molecular weight is 365 g/mol. The van der Waals surface area contributed by atoms with E-state index in [1.165, 1.54) is 13.0 Å². The van der Waals surface area contributed by atoms with Gasteiger partial charge >= 0.3 is 12.0 Å². The summed E-state index contributed by atoms with van der Waals surface area (Å²) in [6.07, 6.45) is 4.51. The van der Waals surface area contributed by atoms with Gasteiger partial charge in [0, 0.05) is 6.54 Å². The molecule has 26 heavy (non-hydrogen) atoms. The fraction of sp³-hybridized carbons (Fsp3) is 0.588. The molecule has 2 rings (SSSR count). The number of esters is 1. The fourth-order valence-corrected chi connectivity index (χ4v) is 3.30. The third-order valence-electron chi connectivity index (χ3n) is 4.61. The predicted octanol–water partition coefficient (Wildman–Crippen LogP) is 0.105. The van der Waals surface area contributed by atoms with Crippen molar-refractivity contribution in [1.29, 1.82) is 0 Å². The molecule has 1 aliphatic heterocycles. The van der Waals surface area contributed by atoms with Crippen molar-refractivity contribution >= 4 is 29.7 Å². The number of nitrogens with one attached hydrogen (secondary N) is 2. The van der Waals surface area contributed by atoms with Gasteiger partial charge in [-0.15, -0.1) is 6.58 Å². The molecular formula is C17H23N3O6. The number of hydrogen-bond acceptors (Lipinski definition) is 6. The van der Waals surface area contributed by atoms with Crippen LogP contribution in [0.1, 0.15) is 32.6 Å². The van der Waals surface area contributed by atoms with Crippen LogP contribution >= 0.6 is 0 Å². The molecule has 142 valence electrons. The summed E-state index contributed by atoms with van der Waals surface area (Å²) in [6, 6.07) is -1.85. The van der Waals surface area contributed by atoms with E-state index in [2.05, 4.69) is 11.9 Å². The first-order valence-corrected chi connectivity index (χ1v) is 8.59. The Morgan fingerprint density at radius 3 is 2.35 bits per heavy atom. The number of carbonyl (C=O) groups is 5. The second kappa shape index (κ2) is 8.59. The van der Waals surface area contributed by atoms with Crippen LogP contribution in [0.15, 0.2) is 12.7 Å². The smallest absolute Gasteiger partial charge is 0.329 e. The van der Waals surface area contributed by atoms with Crippen LogP contribution in [-0.4, -0.2) is 53.8 Å². The normalized spacial score (nSPS) is 23.0. The molecule has 1 saturated carbocycles. The minimum atomic E-state index is -1.11. The second-order valence-electron chi connectivity index (χ2n) is 6.37. The highest BCUT2D eigenvalue weighted by atomic mass is 16.5. The van der Waals surface area contributed by atoms with Crippen molar-refractivity contribution in [2.75, 3.05) is 13.2 Å². The van der Waals surface area contributed by atoms with Crippen LogP contribution < -0.4 is 10.6 Å². The van der Waals surface area contributed by atoms with Gasteiger partial charge in [-0.05, 0) is 19.8 Å². The summed E-state index contributed by atoms with van der Waals surface area (Å²) in [5.74, 6) is -3.10. The third kappa shape index (κ3) is 4.27. The summed E-state index contributed by atoms with van der Waals surface area (Å²) in [6.45, 7) is 4.30. The van der Waals surface area contributed by atoms with Gasteiger partial charge in [0.2, 0.25) is 11.8 Å². The van der Waals surface area contributed by atoms with Crippen LogP contribution in [0, 0.1) is 11.8 Å². The number of rotatable bonds is 6. The van der Waals surface area contributed by atoms with Gasteiger partial charge in [-0.3, -0.25) is 24.6 Å². The SMILES string of the molecule is C=CCNC(=O)NC(=O)COC(=O)[C@H](C)N1C(=O)[C@H]2CCCC[C@@H]2C1=O. The Hall–Kier alpha value is -2.71. The Morgan fingerprint density at radius 2 is 1.81 bits per heavy atom. The highest BCUT2D eigenvalue weighted by Crippen LogP contribution is 2.38. The zero-order valence-corrected chi connectivity index (χ0v) is 14.7. The Labute approximate surface area is 151 Å². The monoisotopic (exact) mass is 365 g/mol. The van der Waals surface area contributed by atoms with Gasteiger partial charge in [0.15, 0.2) is 6.61 Å². The number of hydrogen-bond donors (Lipinski definition) is 2. The van der Waals surface area contributed by atoms with Crippen molar-refractivity contribution in [2.24, 2.45) is 11.8 Å². The fourth-order valence-electron chi connectivity index (χ4n) is 3.30. The number of ether oxygens (including phenoxy) is 1. The maximum absolute atomic E-state index is 12.4. The Bertz CT molecular complexity index is 608. The lowest BCUT2D eigenvalue weighted by Gasteiger charge is -2.21. The maximum atomic E-state index is 12.4. The van der Waals surface area contributed by atoms with E-state index < -0.39 is 30.6 Å². The van der Waals surface area contributed by atoms with Crippen LogP contribution in [0.4, 0.5) is 4.79 Å². The first-order valence-electron chi connectivity index (χ1n) is 8.59. The Kier molecular flexibility index (Phi) is 6.48. The molecule has 0 aromatic rings. The minimum absolute atomic E-state index is 0.178. The molecule has 1 heterocycles. The molecule has 0 unspecified atom stereocenters. The summed E-state index contributed by atoms with van der Waals surface area (Å²) in [7, 11) is 0. The van der Waals surface area contributed by atoms with E-state index in [9.17, 15) is 24.0 Å². The lowest BCUT2D eigenvalue weighted by atomic mass is 9.81.